The molecule has 0 spiro atoms. The molecule has 0 N–H and O–H groups in total. The van der Waals surface area contributed by atoms with Crippen LogP contribution in [0.3, 0.4) is 0 Å². The first-order valence-corrected chi connectivity index (χ1v) is 8.30. The molecule has 0 saturated heterocycles. The summed E-state index contributed by atoms with van der Waals surface area (Å²) >= 11 is 0. The minimum absolute atomic E-state index is 0.0541. The third-order valence-electron chi connectivity index (χ3n) is 3.53. The quantitative estimate of drug-likeness (QED) is 0.539. The molecule has 0 aliphatic rings. The Kier molecular flexibility index (Phi) is 7.68. The number of aromatic nitrogens is 2. The second-order valence-electron chi connectivity index (χ2n) is 6.34. The summed E-state index contributed by atoms with van der Waals surface area (Å²) in [6.07, 6.45) is 5.34. The standard InChI is InChI=1S/C18H28N2O4/c1-7-24-9-8-14-11-20(17(21)16(19-14)13(4)5)15(10-12(2)3)18(22)23-6/h8-9,11-13,15H,7,10H2,1-6H3. The number of carbonyl (C=O) groups is 1. The minimum atomic E-state index is -0.665. The van der Waals surface area contributed by atoms with Gasteiger partial charge in [-0.3, -0.25) is 9.36 Å². The summed E-state index contributed by atoms with van der Waals surface area (Å²) in [4.78, 5) is 29.4. The molecular formula is C18H28N2O4. The van der Waals surface area contributed by atoms with Gasteiger partial charge in [-0.1, -0.05) is 27.7 Å². The molecule has 0 radical (unpaired) electrons. The van der Waals surface area contributed by atoms with Crippen LogP contribution < -0.4 is 5.56 Å². The monoisotopic (exact) mass is 336 g/mol. The van der Waals surface area contributed by atoms with E-state index in [0.717, 1.165) is 0 Å². The molecule has 1 aromatic rings. The molecule has 0 saturated carbocycles. The number of esters is 1. The fraction of sp³-hybridized carbons (Fsp3) is 0.611. The zero-order valence-electron chi connectivity index (χ0n) is 15.4. The fourth-order valence-corrected chi connectivity index (χ4v) is 2.36. The number of ether oxygens (including phenoxy) is 2. The maximum Gasteiger partial charge on any atom is 0.328 e. The molecule has 0 aliphatic carbocycles. The van der Waals surface area contributed by atoms with Gasteiger partial charge in [-0.15, -0.1) is 0 Å². The van der Waals surface area contributed by atoms with Crippen molar-refractivity contribution in [1.82, 2.24) is 9.55 Å². The maximum atomic E-state index is 12.8. The lowest BCUT2D eigenvalue weighted by Crippen LogP contribution is -2.34. The van der Waals surface area contributed by atoms with Crippen molar-refractivity contribution < 1.29 is 14.3 Å². The van der Waals surface area contributed by atoms with Gasteiger partial charge in [0, 0.05) is 12.1 Å². The molecule has 0 aromatic carbocycles. The summed E-state index contributed by atoms with van der Waals surface area (Å²) in [6, 6.07) is -0.665. The molecule has 0 amide bonds. The maximum absolute atomic E-state index is 12.8. The van der Waals surface area contributed by atoms with Gasteiger partial charge in [0.15, 0.2) is 0 Å². The second kappa shape index (κ2) is 9.25. The van der Waals surface area contributed by atoms with Crippen LogP contribution in [0, 0.1) is 5.92 Å². The van der Waals surface area contributed by atoms with Crippen LogP contribution in [0.1, 0.15) is 64.4 Å². The SMILES string of the molecule is CCOC=Cc1cn(C(CC(C)C)C(=O)OC)c(=O)c(C(C)C)n1. The molecular weight excluding hydrogens is 308 g/mol. The number of hydrogen-bond donors (Lipinski definition) is 0. The molecule has 24 heavy (non-hydrogen) atoms. The highest BCUT2D eigenvalue weighted by Crippen LogP contribution is 2.19. The Morgan fingerprint density at radius 1 is 1.33 bits per heavy atom. The van der Waals surface area contributed by atoms with Crippen molar-refractivity contribution >= 4 is 12.0 Å². The predicted octanol–water partition coefficient (Wildman–Crippen LogP) is 3.13. The summed E-state index contributed by atoms with van der Waals surface area (Å²) in [5.41, 5.74) is 0.741. The molecule has 1 rings (SSSR count). The van der Waals surface area contributed by atoms with E-state index in [0.29, 0.717) is 24.4 Å². The summed E-state index contributed by atoms with van der Waals surface area (Å²) in [7, 11) is 1.33. The lowest BCUT2D eigenvalue weighted by Gasteiger charge is -2.21. The van der Waals surface area contributed by atoms with Crippen molar-refractivity contribution in [2.45, 2.75) is 53.0 Å². The Morgan fingerprint density at radius 3 is 2.50 bits per heavy atom. The Bertz CT molecular complexity index is 632. The first-order chi connectivity index (χ1) is 11.3. The Labute approximate surface area is 143 Å². The van der Waals surface area contributed by atoms with Crippen molar-refractivity contribution in [2.75, 3.05) is 13.7 Å². The van der Waals surface area contributed by atoms with Gasteiger partial charge in [0.1, 0.15) is 11.7 Å². The highest BCUT2D eigenvalue weighted by Gasteiger charge is 2.25. The van der Waals surface area contributed by atoms with E-state index in [9.17, 15) is 9.59 Å². The number of hydrogen-bond acceptors (Lipinski definition) is 5. The number of methoxy groups -OCH3 is 1. The first-order valence-electron chi connectivity index (χ1n) is 8.30. The molecule has 0 fully saturated rings. The molecule has 1 unspecified atom stereocenters. The summed E-state index contributed by atoms with van der Waals surface area (Å²) in [6.45, 7) is 10.2. The Hall–Kier alpha value is -2.11. The second-order valence-corrected chi connectivity index (χ2v) is 6.34. The Morgan fingerprint density at radius 2 is 2.00 bits per heavy atom. The van der Waals surface area contributed by atoms with Gasteiger partial charge in [-0.25, -0.2) is 9.78 Å². The first kappa shape index (κ1) is 19.9. The van der Waals surface area contributed by atoms with Crippen LogP contribution in [0.2, 0.25) is 0 Å². The predicted molar refractivity (Wildman–Crippen MR) is 93.8 cm³/mol. The average Bonchev–Trinajstić information content (AvgIpc) is 2.53. The molecule has 0 bridgehead atoms. The van der Waals surface area contributed by atoms with Crippen molar-refractivity contribution in [3.63, 3.8) is 0 Å². The van der Waals surface area contributed by atoms with Crippen LogP contribution in [0.5, 0.6) is 0 Å². The van der Waals surface area contributed by atoms with E-state index in [1.165, 1.54) is 17.9 Å². The molecule has 134 valence electrons. The highest BCUT2D eigenvalue weighted by atomic mass is 16.5. The van der Waals surface area contributed by atoms with Gasteiger partial charge in [-0.05, 0) is 25.3 Å². The molecule has 0 aliphatic heterocycles. The third-order valence-corrected chi connectivity index (χ3v) is 3.53. The van der Waals surface area contributed by atoms with E-state index in [2.05, 4.69) is 4.98 Å². The van der Waals surface area contributed by atoms with Crippen LogP contribution in [-0.2, 0) is 14.3 Å². The normalized spacial score (nSPS) is 12.8. The van der Waals surface area contributed by atoms with Gasteiger partial charge >= 0.3 is 5.97 Å². The molecule has 6 nitrogen and oxygen atoms in total. The van der Waals surface area contributed by atoms with Crippen LogP contribution >= 0.6 is 0 Å². The van der Waals surface area contributed by atoms with Crippen LogP contribution in [0.4, 0.5) is 0 Å². The highest BCUT2D eigenvalue weighted by molar-refractivity contribution is 5.74. The van der Waals surface area contributed by atoms with Crippen LogP contribution in [0.15, 0.2) is 17.3 Å². The number of rotatable bonds is 8. The molecule has 6 heteroatoms. The van der Waals surface area contributed by atoms with E-state index in [4.69, 9.17) is 9.47 Å². The van der Waals surface area contributed by atoms with Gasteiger partial charge in [0.25, 0.3) is 5.56 Å². The minimum Gasteiger partial charge on any atom is -0.501 e. The summed E-state index contributed by atoms with van der Waals surface area (Å²) in [5, 5.41) is 0. The fourth-order valence-electron chi connectivity index (χ4n) is 2.36. The van der Waals surface area contributed by atoms with Crippen molar-refractivity contribution in [3.8, 4) is 0 Å². The largest absolute Gasteiger partial charge is 0.501 e. The third kappa shape index (κ3) is 5.22. The van der Waals surface area contributed by atoms with Crippen molar-refractivity contribution in [1.29, 1.82) is 0 Å². The number of nitrogens with zero attached hydrogens (tertiary/aromatic N) is 2. The van der Waals surface area contributed by atoms with E-state index in [1.807, 2.05) is 34.6 Å². The molecule has 1 heterocycles. The number of carbonyl (C=O) groups excluding carboxylic acids is 1. The van der Waals surface area contributed by atoms with Gasteiger partial charge in [0.2, 0.25) is 0 Å². The van der Waals surface area contributed by atoms with Crippen LogP contribution in [0.25, 0.3) is 6.08 Å². The van der Waals surface area contributed by atoms with E-state index in [-0.39, 0.29) is 17.4 Å². The van der Waals surface area contributed by atoms with E-state index >= 15 is 0 Å². The lowest BCUT2D eigenvalue weighted by molar-refractivity contribution is -0.145. The van der Waals surface area contributed by atoms with Crippen molar-refractivity contribution in [2.24, 2.45) is 5.92 Å². The molecule has 1 atom stereocenters. The van der Waals surface area contributed by atoms with Gasteiger partial charge < -0.3 is 9.47 Å². The lowest BCUT2D eigenvalue weighted by atomic mass is 10.0. The summed E-state index contributed by atoms with van der Waals surface area (Å²) in [5.74, 6) is -0.243. The average molecular weight is 336 g/mol. The topological polar surface area (TPSA) is 70.4 Å². The zero-order chi connectivity index (χ0) is 18.3. The van der Waals surface area contributed by atoms with E-state index in [1.54, 1.807) is 12.3 Å². The van der Waals surface area contributed by atoms with Gasteiger partial charge in [0.05, 0.1) is 25.7 Å². The van der Waals surface area contributed by atoms with E-state index < -0.39 is 12.0 Å². The summed E-state index contributed by atoms with van der Waals surface area (Å²) < 4.78 is 11.5. The van der Waals surface area contributed by atoms with Crippen molar-refractivity contribution in [3.05, 3.63) is 34.2 Å². The molecule has 1 aromatic heterocycles. The van der Waals surface area contributed by atoms with Gasteiger partial charge in [-0.2, -0.15) is 0 Å². The smallest absolute Gasteiger partial charge is 0.328 e. The Balaban J connectivity index is 3.46. The zero-order valence-corrected chi connectivity index (χ0v) is 15.4. The van der Waals surface area contributed by atoms with Crippen LogP contribution in [-0.4, -0.2) is 29.2 Å².